The van der Waals surface area contributed by atoms with Gasteiger partial charge in [-0.2, -0.15) is 4.98 Å². The summed E-state index contributed by atoms with van der Waals surface area (Å²) in [5.41, 5.74) is 4.20. The number of halogens is 1. The number of oxazole rings is 1. The van der Waals surface area contributed by atoms with Crippen molar-refractivity contribution in [2.24, 2.45) is 0 Å². The van der Waals surface area contributed by atoms with Crippen molar-refractivity contribution in [2.45, 2.75) is 13.0 Å². The van der Waals surface area contributed by atoms with Crippen LogP contribution in [0.1, 0.15) is 22.3 Å². The lowest BCUT2D eigenvalue weighted by molar-refractivity contribution is -0.137. The van der Waals surface area contributed by atoms with E-state index in [4.69, 9.17) is 8.83 Å². The molecule has 0 saturated carbocycles. The predicted molar refractivity (Wildman–Crippen MR) is 163 cm³/mol. The van der Waals surface area contributed by atoms with Gasteiger partial charge in [0.2, 0.25) is 5.89 Å². The van der Waals surface area contributed by atoms with E-state index < -0.39 is 35.4 Å². The van der Waals surface area contributed by atoms with Gasteiger partial charge in [0, 0.05) is 54.1 Å². The highest BCUT2D eigenvalue weighted by atomic mass is 32.2. The van der Waals surface area contributed by atoms with Crippen molar-refractivity contribution in [3.8, 4) is 33.9 Å². The normalized spacial score (nSPS) is 12.2. The molecule has 3 heterocycles. The highest BCUT2D eigenvalue weighted by molar-refractivity contribution is 7.76. The van der Waals surface area contributed by atoms with Crippen LogP contribution in [0.5, 0.6) is 0 Å². The first kappa shape index (κ1) is 29.8. The predicted octanol–water partition coefficient (Wildman–Crippen LogP) is 5.54. The number of benzene rings is 3. The molecule has 6 rings (SSSR count). The largest absolute Gasteiger partial charge is 0.760 e. The van der Waals surface area contributed by atoms with Crippen molar-refractivity contribution >= 4 is 45.3 Å². The van der Waals surface area contributed by atoms with Crippen LogP contribution >= 0.6 is 0 Å². The molecular formula is C32H24FN4O7S-. The van der Waals surface area contributed by atoms with Crippen molar-refractivity contribution < 1.29 is 36.7 Å². The highest BCUT2D eigenvalue weighted by Gasteiger charge is 2.24. The van der Waals surface area contributed by atoms with Gasteiger partial charge >= 0.3 is 5.97 Å². The van der Waals surface area contributed by atoms with Crippen LogP contribution in [-0.2, 0) is 22.6 Å². The zero-order valence-corrected chi connectivity index (χ0v) is 24.5. The van der Waals surface area contributed by atoms with Crippen LogP contribution in [0, 0.1) is 5.82 Å². The molecule has 0 fully saturated rings. The van der Waals surface area contributed by atoms with E-state index in [0.717, 1.165) is 4.31 Å². The van der Waals surface area contributed by atoms with Crippen LogP contribution in [0.3, 0.4) is 0 Å². The lowest BCUT2D eigenvalue weighted by Gasteiger charge is -2.25. The molecule has 3 aromatic heterocycles. The smallest absolute Gasteiger partial charge is 0.304 e. The van der Waals surface area contributed by atoms with Gasteiger partial charge in [-0.3, -0.25) is 13.8 Å². The summed E-state index contributed by atoms with van der Waals surface area (Å²) in [7, 11) is 1.48. The number of carboxylic acids is 1. The third-order valence-corrected chi connectivity index (χ3v) is 7.93. The van der Waals surface area contributed by atoms with E-state index in [1.165, 1.54) is 31.3 Å². The lowest BCUT2D eigenvalue weighted by Crippen LogP contribution is -2.28. The second-order valence-corrected chi connectivity index (χ2v) is 11.0. The number of furan rings is 1. The Bertz CT molecular complexity index is 2060. The maximum absolute atomic E-state index is 13.7. The molecule has 0 aliphatic rings. The van der Waals surface area contributed by atoms with Crippen molar-refractivity contribution in [1.29, 1.82) is 0 Å². The van der Waals surface area contributed by atoms with Crippen molar-refractivity contribution in [3.05, 3.63) is 95.9 Å². The molecule has 45 heavy (non-hydrogen) atoms. The average Bonchev–Trinajstić information content (AvgIpc) is 3.64. The van der Waals surface area contributed by atoms with Crippen molar-refractivity contribution in [2.75, 3.05) is 13.6 Å². The fourth-order valence-electron chi connectivity index (χ4n) is 5.07. The number of carboxylic acid groups (broad SMARTS) is 1. The van der Waals surface area contributed by atoms with E-state index in [0.29, 0.717) is 50.3 Å². The summed E-state index contributed by atoms with van der Waals surface area (Å²) in [5, 5.41) is 12.2. The minimum absolute atomic E-state index is 0.187. The number of carbonyl (C=O) groups is 2. The Kier molecular flexibility index (Phi) is 8.22. The summed E-state index contributed by atoms with van der Waals surface area (Å²) in [6, 6.07) is 19.5. The quantitative estimate of drug-likeness (QED) is 0.186. The van der Waals surface area contributed by atoms with Crippen LogP contribution in [0.15, 0.2) is 87.8 Å². The van der Waals surface area contributed by atoms with Gasteiger partial charge in [0.05, 0.1) is 12.0 Å². The SMILES string of the molecule is CNC(=O)c1c(-c2ccc(F)cc2)oc2cc(CN(CCC(=O)O)S(=O)[O-])c(-c3cccc(-c4nc5ncccc5o4)c3)cc12. The van der Waals surface area contributed by atoms with Gasteiger partial charge in [0.15, 0.2) is 11.2 Å². The Hall–Kier alpha value is -5.24. The third-order valence-electron chi connectivity index (χ3n) is 7.19. The first-order chi connectivity index (χ1) is 21.7. The second-order valence-electron chi connectivity index (χ2n) is 10.0. The third kappa shape index (κ3) is 6.09. The number of nitrogens with zero attached hydrogens (tertiary/aromatic N) is 3. The minimum Gasteiger partial charge on any atom is -0.760 e. The average molecular weight is 628 g/mol. The molecule has 228 valence electrons. The summed E-state index contributed by atoms with van der Waals surface area (Å²) >= 11 is -2.74. The number of hydrogen-bond acceptors (Lipinski definition) is 8. The van der Waals surface area contributed by atoms with Crippen LogP contribution in [0.2, 0.25) is 0 Å². The maximum Gasteiger partial charge on any atom is 0.304 e. The molecule has 0 radical (unpaired) electrons. The Labute approximate surface area is 257 Å². The number of aliphatic carboxylic acids is 1. The monoisotopic (exact) mass is 627 g/mol. The minimum atomic E-state index is -2.74. The highest BCUT2D eigenvalue weighted by Crippen LogP contribution is 2.39. The molecule has 1 amide bonds. The Balaban J connectivity index is 1.55. The summed E-state index contributed by atoms with van der Waals surface area (Å²) in [4.78, 5) is 33.1. The summed E-state index contributed by atoms with van der Waals surface area (Å²) < 4.78 is 51.1. The van der Waals surface area contributed by atoms with E-state index in [-0.39, 0.29) is 30.0 Å². The standard InChI is InChI=1S/C32H25FN4O7S/c1-34-31(40)28-24-16-23(19-4-2-5-20(14-19)32-36-30-25(44-32)6-3-12-35-30)21(17-37(45(41)42)13-11-27(38)39)15-26(24)43-29(28)18-7-9-22(33)10-8-18/h2-10,12,14-16H,11,13,17H2,1H3,(H,34,40)(H,38,39)(H,41,42)/p-1. The summed E-state index contributed by atoms with van der Waals surface area (Å²) in [5.74, 6) is -1.52. The molecule has 0 bridgehead atoms. The maximum atomic E-state index is 13.7. The van der Waals surface area contributed by atoms with Gasteiger partial charge < -0.3 is 23.8 Å². The number of nitrogens with one attached hydrogen (secondary N) is 1. The first-order valence-electron chi connectivity index (χ1n) is 13.7. The summed E-state index contributed by atoms with van der Waals surface area (Å²) in [6.45, 7) is -0.449. The zero-order chi connectivity index (χ0) is 31.7. The molecule has 3 aromatic carbocycles. The van der Waals surface area contributed by atoms with Crippen molar-refractivity contribution in [3.63, 3.8) is 0 Å². The number of amides is 1. The molecule has 1 unspecified atom stereocenters. The van der Waals surface area contributed by atoms with E-state index in [9.17, 15) is 27.8 Å². The van der Waals surface area contributed by atoms with Crippen molar-refractivity contribution in [1.82, 2.24) is 19.6 Å². The number of pyridine rings is 1. The lowest BCUT2D eigenvalue weighted by atomic mass is 9.94. The van der Waals surface area contributed by atoms with Gasteiger partial charge in [0.1, 0.15) is 17.2 Å². The van der Waals surface area contributed by atoms with Gasteiger partial charge in [-0.15, -0.1) is 0 Å². The molecule has 0 aliphatic carbocycles. The number of aromatic nitrogens is 2. The molecule has 0 aliphatic heterocycles. The Morgan fingerprint density at radius 1 is 1.00 bits per heavy atom. The van der Waals surface area contributed by atoms with E-state index in [2.05, 4.69) is 15.3 Å². The second kappa shape index (κ2) is 12.4. The van der Waals surface area contributed by atoms with Crippen LogP contribution < -0.4 is 5.32 Å². The molecule has 0 spiro atoms. The fourth-order valence-corrected chi connectivity index (χ4v) is 5.55. The molecule has 11 nitrogen and oxygen atoms in total. The molecule has 1 atom stereocenters. The first-order valence-corrected chi connectivity index (χ1v) is 14.7. The number of carbonyl (C=O) groups excluding carboxylic acids is 1. The van der Waals surface area contributed by atoms with E-state index in [1.807, 2.05) is 12.1 Å². The zero-order valence-electron chi connectivity index (χ0n) is 23.7. The molecule has 2 N–H and O–H groups in total. The Morgan fingerprint density at radius 3 is 2.49 bits per heavy atom. The van der Waals surface area contributed by atoms with E-state index >= 15 is 0 Å². The number of rotatable bonds is 10. The topological polar surface area (TPSA) is 162 Å². The van der Waals surface area contributed by atoms with Gasteiger partial charge in [-0.25, -0.2) is 13.7 Å². The number of fused-ring (bicyclic) bond motifs is 2. The van der Waals surface area contributed by atoms with Gasteiger partial charge in [0.25, 0.3) is 5.91 Å². The molecule has 13 heteroatoms. The van der Waals surface area contributed by atoms with Crippen LogP contribution in [0.25, 0.3) is 56.1 Å². The fraction of sp³-hybridized carbons (Fsp3) is 0.125. The summed E-state index contributed by atoms with van der Waals surface area (Å²) in [6.07, 6.45) is 1.21. The van der Waals surface area contributed by atoms with E-state index in [1.54, 1.807) is 42.6 Å². The molecule has 0 saturated heterocycles. The van der Waals surface area contributed by atoms with Crippen LogP contribution in [0.4, 0.5) is 4.39 Å². The van der Waals surface area contributed by atoms with Gasteiger partial charge in [-0.05, 0) is 77.4 Å². The van der Waals surface area contributed by atoms with Gasteiger partial charge in [-0.1, -0.05) is 12.1 Å². The molecule has 6 aromatic rings. The Morgan fingerprint density at radius 2 is 1.78 bits per heavy atom. The molecular weight excluding hydrogens is 603 g/mol. The van der Waals surface area contributed by atoms with Crippen LogP contribution in [-0.4, -0.2) is 53.6 Å². The number of hydrogen-bond donors (Lipinski definition) is 2.